The lowest BCUT2D eigenvalue weighted by Crippen LogP contribution is -2.34. The summed E-state index contributed by atoms with van der Waals surface area (Å²) in [6.45, 7) is 4.77. The van der Waals surface area contributed by atoms with E-state index in [0.717, 1.165) is 43.9 Å². The van der Waals surface area contributed by atoms with E-state index < -0.39 is 0 Å². The van der Waals surface area contributed by atoms with Gasteiger partial charge in [-0.3, -0.25) is 0 Å². The summed E-state index contributed by atoms with van der Waals surface area (Å²) in [7, 11) is 0. The van der Waals surface area contributed by atoms with Crippen LogP contribution in [0.5, 0.6) is 5.75 Å². The maximum atomic E-state index is 11.7. The van der Waals surface area contributed by atoms with Gasteiger partial charge in [0.1, 0.15) is 10.6 Å². The zero-order chi connectivity index (χ0) is 18.4. The van der Waals surface area contributed by atoms with E-state index >= 15 is 0 Å². The minimum absolute atomic E-state index is 0.287. The summed E-state index contributed by atoms with van der Waals surface area (Å²) in [5.41, 5.74) is 0. The van der Waals surface area contributed by atoms with E-state index in [1.807, 2.05) is 11.4 Å². The number of anilines is 1. The van der Waals surface area contributed by atoms with E-state index in [9.17, 15) is 4.79 Å². The van der Waals surface area contributed by atoms with Crippen molar-refractivity contribution in [3.8, 4) is 5.75 Å². The Morgan fingerprint density at radius 1 is 1.35 bits per heavy atom. The molecular formula is C18H22ClN3O3S. The van der Waals surface area contributed by atoms with E-state index in [-0.39, 0.29) is 5.97 Å². The standard InChI is InChI=1S/C18H22ClN3O3S/c1-2-24-18(23)15-11-14(12-26-15)25-10-7-13-5-8-22(9-6-13)17-4-3-16(19)20-21-17/h3-4,11-13H,2,5-10H2,1H3. The maximum Gasteiger partial charge on any atom is 0.348 e. The summed E-state index contributed by atoms with van der Waals surface area (Å²) in [6, 6.07) is 5.44. The van der Waals surface area contributed by atoms with Gasteiger partial charge in [-0.1, -0.05) is 11.6 Å². The average Bonchev–Trinajstić information content (AvgIpc) is 3.12. The molecule has 8 heteroatoms. The fourth-order valence-electron chi connectivity index (χ4n) is 2.98. The number of piperidine rings is 1. The second-order valence-corrected chi connectivity index (χ2v) is 7.45. The smallest absolute Gasteiger partial charge is 0.348 e. The Morgan fingerprint density at radius 3 is 2.85 bits per heavy atom. The van der Waals surface area contributed by atoms with Gasteiger partial charge in [0.05, 0.1) is 13.2 Å². The molecule has 3 heterocycles. The highest BCUT2D eigenvalue weighted by atomic mass is 35.5. The number of rotatable bonds is 7. The Balaban J connectivity index is 1.39. The number of hydrogen-bond donors (Lipinski definition) is 0. The lowest BCUT2D eigenvalue weighted by atomic mass is 9.94. The van der Waals surface area contributed by atoms with E-state index in [1.165, 1.54) is 11.3 Å². The molecule has 0 radical (unpaired) electrons. The number of halogens is 1. The third-order valence-electron chi connectivity index (χ3n) is 4.40. The molecule has 2 aromatic heterocycles. The number of aromatic nitrogens is 2. The number of esters is 1. The van der Waals surface area contributed by atoms with Gasteiger partial charge in [0.2, 0.25) is 0 Å². The quantitative estimate of drug-likeness (QED) is 0.659. The molecule has 0 N–H and O–H groups in total. The summed E-state index contributed by atoms with van der Waals surface area (Å²) in [4.78, 5) is 14.5. The molecule has 0 amide bonds. The SMILES string of the molecule is CCOC(=O)c1cc(OCCC2CCN(c3ccc(Cl)nn3)CC2)cs1. The lowest BCUT2D eigenvalue weighted by Gasteiger charge is -2.32. The van der Waals surface area contributed by atoms with Crippen LogP contribution in [0.3, 0.4) is 0 Å². The van der Waals surface area contributed by atoms with Crippen molar-refractivity contribution in [1.82, 2.24) is 10.2 Å². The fourth-order valence-corrected chi connectivity index (χ4v) is 3.79. The van der Waals surface area contributed by atoms with Gasteiger partial charge >= 0.3 is 5.97 Å². The first kappa shape index (κ1) is 18.9. The van der Waals surface area contributed by atoms with Crippen LogP contribution in [0.2, 0.25) is 5.15 Å². The predicted octanol–water partition coefficient (Wildman–Crippen LogP) is 4.05. The zero-order valence-corrected chi connectivity index (χ0v) is 16.3. The van der Waals surface area contributed by atoms with E-state index in [4.69, 9.17) is 21.1 Å². The lowest BCUT2D eigenvalue weighted by molar-refractivity contribution is 0.0531. The molecule has 0 atom stereocenters. The number of hydrogen-bond acceptors (Lipinski definition) is 7. The monoisotopic (exact) mass is 395 g/mol. The highest BCUT2D eigenvalue weighted by molar-refractivity contribution is 7.12. The molecule has 6 nitrogen and oxygen atoms in total. The highest BCUT2D eigenvalue weighted by Gasteiger charge is 2.20. The van der Waals surface area contributed by atoms with Crippen LogP contribution in [0, 0.1) is 5.92 Å². The summed E-state index contributed by atoms with van der Waals surface area (Å²) in [6.07, 6.45) is 3.21. The number of carbonyl (C=O) groups excluding carboxylic acids is 1. The van der Waals surface area contributed by atoms with Crippen molar-refractivity contribution in [2.45, 2.75) is 26.2 Å². The number of thiophene rings is 1. The molecule has 1 aliphatic heterocycles. The highest BCUT2D eigenvalue weighted by Crippen LogP contribution is 2.26. The van der Waals surface area contributed by atoms with Crippen LogP contribution in [0.15, 0.2) is 23.6 Å². The van der Waals surface area contributed by atoms with Crippen molar-refractivity contribution in [2.24, 2.45) is 5.92 Å². The van der Waals surface area contributed by atoms with Crippen molar-refractivity contribution in [2.75, 3.05) is 31.2 Å². The molecule has 0 unspecified atom stereocenters. The first-order chi connectivity index (χ1) is 12.7. The van der Waals surface area contributed by atoms with Gasteiger partial charge in [-0.25, -0.2) is 4.79 Å². The molecule has 2 aromatic rings. The van der Waals surface area contributed by atoms with Crippen molar-refractivity contribution in [3.05, 3.63) is 33.6 Å². The fraction of sp³-hybridized carbons (Fsp3) is 0.500. The van der Waals surface area contributed by atoms with Crippen LogP contribution in [0.4, 0.5) is 5.82 Å². The molecule has 3 rings (SSSR count). The van der Waals surface area contributed by atoms with Crippen molar-refractivity contribution >= 4 is 34.7 Å². The summed E-state index contributed by atoms with van der Waals surface area (Å²) >= 11 is 7.14. The molecule has 26 heavy (non-hydrogen) atoms. The topological polar surface area (TPSA) is 64.6 Å². The van der Waals surface area contributed by atoms with Gasteiger partial charge in [-0.05, 0) is 44.2 Å². The molecule has 140 valence electrons. The van der Waals surface area contributed by atoms with Crippen LogP contribution in [0.1, 0.15) is 35.9 Å². The minimum atomic E-state index is -0.287. The number of carbonyl (C=O) groups is 1. The van der Waals surface area contributed by atoms with Crippen LogP contribution in [-0.2, 0) is 4.74 Å². The zero-order valence-electron chi connectivity index (χ0n) is 14.7. The first-order valence-corrected chi connectivity index (χ1v) is 10.0. The molecule has 1 saturated heterocycles. The third kappa shape index (κ3) is 5.08. The molecule has 1 fully saturated rings. The Bertz CT molecular complexity index is 715. The molecule has 0 bridgehead atoms. The number of ether oxygens (including phenoxy) is 2. The van der Waals surface area contributed by atoms with Gasteiger partial charge in [-0.15, -0.1) is 21.5 Å². The Hall–Kier alpha value is -1.86. The molecular weight excluding hydrogens is 374 g/mol. The molecule has 0 aliphatic carbocycles. The predicted molar refractivity (Wildman–Crippen MR) is 102 cm³/mol. The second-order valence-electron chi connectivity index (χ2n) is 6.15. The van der Waals surface area contributed by atoms with Crippen LogP contribution in [0.25, 0.3) is 0 Å². The first-order valence-electron chi connectivity index (χ1n) is 8.78. The maximum absolute atomic E-state index is 11.7. The molecule has 0 spiro atoms. The van der Waals surface area contributed by atoms with Gasteiger partial charge in [-0.2, -0.15) is 0 Å². The van der Waals surface area contributed by atoms with Crippen LogP contribution >= 0.6 is 22.9 Å². The summed E-state index contributed by atoms with van der Waals surface area (Å²) in [5, 5.41) is 10.3. The molecule has 0 saturated carbocycles. The Morgan fingerprint density at radius 2 is 2.15 bits per heavy atom. The van der Waals surface area contributed by atoms with E-state index in [2.05, 4.69) is 15.1 Å². The minimum Gasteiger partial charge on any atom is -0.493 e. The van der Waals surface area contributed by atoms with Crippen LogP contribution in [-0.4, -0.2) is 42.5 Å². The van der Waals surface area contributed by atoms with E-state index in [1.54, 1.807) is 19.1 Å². The van der Waals surface area contributed by atoms with E-state index in [0.29, 0.717) is 29.2 Å². The van der Waals surface area contributed by atoms with Crippen molar-refractivity contribution in [1.29, 1.82) is 0 Å². The molecule has 0 aromatic carbocycles. The van der Waals surface area contributed by atoms with Crippen LogP contribution < -0.4 is 9.64 Å². The van der Waals surface area contributed by atoms with Gasteiger partial charge in [0.15, 0.2) is 11.0 Å². The summed E-state index contributed by atoms with van der Waals surface area (Å²) in [5.74, 6) is 1.97. The summed E-state index contributed by atoms with van der Waals surface area (Å²) < 4.78 is 10.8. The van der Waals surface area contributed by atoms with Gasteiger partial charge in [0.25, 0.3) is 0 Å². The van der Waals surface area contributed by atoms with Crippen molar-refractivity contribution < 1.29 is 14.3 Å². The Kier molecular flexibility index (Phi) is 6.68. The van der Waals surface area contributed by atoms with Crippen molar-refractivity contribution in [3.63, 3.8) is 0 Å². The Labute approximate surface area is 162 Å². The largest absolute Gasteiger partial charge is 0.493 e. The van der Waals surface area contributed by atoms with Gasteiger partial charge in [0, 0.05) is 24.5 Å². The third-order valence-corrected chi connectivity index (χ3v) is 5.49. The normalized spacial score (nSPS) is 15.1. The van der Waals surface area contributed by atoms with Gasteiger partial charge < -0.3 is 14.4 Å². The number of nitrogens with zero attached hydrogens (tertiary/aromatic N) is 3. The second kappa shape index (κ2) is 9.19. The average molecular weight is 396 g/mol. The molecule has 1 aliphatic rings.